The number of aromatic nitrogens is 3. The van der Waals surface area contributed by atoms with Crippen molar-refractivity contribution in [1.82, 2.24) is 19.5 Å². The summed E-state index contributed by atoms with van der Waals surface area (Å²) >= 11 is 0. The lowest BCUT2D eigenvalue weighted by Gasteiger charge is -2.12. The van der Waals surface area contributed by atoms with Crippen LogP contribution in [0.15, 0.2) is 11.5 Å². The first-order valence-electron chi connectivity index (χ1n) is 5.33. The number of rotatable bonds is 5. The molecule has 0 amide bonds. The molecule has 6 nitrogen and oxygen atoms in total. The lowest BCUT2D eigenvalue weighted by molar-refractivity contribution is 0.472. The van der Waals surface area contributed by atoms with Gasteiger partial charge >= 0.3 is 0 Å². The van der Waals surface area contributed by atoms with Gasteiger partial charge in [-0.1, -0.05) is 6.92 Å². The quantitative estimate of drug-likeness (QED) is 0.807. The van der Waals surface area contributed by atoms with Crippen molar-refractivity contribution >= 4 is 10.0 Å². The van der Waals surface area contributed by atoms with Crippen LogP contribution in [0.5, 0.6) is 0 Å². The van der Waals surface area contributed by atoms with Crippen molar-refractivity contribution < 1.29 is 8.42 Å². The molecule has 1 aliphatic carbocycles. The van der Waals surface area contributed by atoms with E-state index in [0.29, 0.717) is 6.54 Å². The van der Waals surface area contributed by atoms with E-state index in [1.807, 2.05) is 0 Å². The van der Waals surface area contributed by atoms with Gasteiger partial charge in [-0.15, -0.1) is 10.2 Å². The molecule has 1 aromatic heterocycles. The number of nitrogens with zero attached hydrogens (tertiary/aromatic N) is 3. The summed E-state index contributed by atoms with van der Waals surface area (Å²) in [4.78, 5) is 0. The average molecular weight is 244 g/mol. The predicted octanol–water partition coefficient (Wildman–Crippen LogP) is 0.284. The summed E-state index contributed by atoms with van der Waals surface area (Å²) in [7, 11) is -1.90. The largest absolute Gasteiger partial charge is 0.306 e. The maximum Gasteiger partial charge on any atom is 0.276 e. The Morgan fingerprint density at radius 2 is 2.25 bits per heavy atom. The maximum absolute atomic E-state index is 11.9. The molecule has 0 aliphatic heterocycles. The number of nitrogens with one attached hydrogen (secondary N) is 1. The minimum absolute atomic E-state index is 0.0283. The zero-order valence-corrected chi connectivity index (χ0v) is 10.3. The third-order valence-corrected chi connectivity index (χ3v) is 4.63. The molecular weight excluding hydrogens is 228 g/mol. The Labute approximate surface area is 95.1 Å². The SMILES string of the molecule is CCC1(CNS(=O)(=O)c2nncn2C)CC1. The molecule has 1 N–H and O–H groups in total. The fourth-order valence-electron chi connectivity index (χ4n) is 1.66. The van der Waals surface area contributed by atoms with Crippen LogP contribution in [0.4, 0.5) is 0 Å². The minimum Gasteiger partial charge on any atom is -0.306 e. The summed E-state index contributed by atoms with van der Waals surface area (Å²) in [5.41, 5.74) is 0.186. The lowest BCUT2D eigenvalue weighted by atomic mass is 10.1. The first-order valence-corrected chi connectivity index (χ1v) is 6.81. The third-order valence-electron chi connectivity index (χ3n) is 3.25. The molecule has 0 saturated heterocycles. The van der Waals surface area contributed by atoms with Crippen LogP contribution in [0.3, 0.4) is 0 Å². The van der Waals surface area contributed by atoms with E-state index >= 15 is 0 Å². The molecule has 1 aromatic rings. The second-order valence-electron chi connectivity index (χ2n) is 4.40. The molecule has 2 rings (SSSR count). The molecule has 90 valence electrons. The van der Waals surface area contributed by atoms with Gasteiger partial charge in [0.2, 0.25) is 0 Å². The van der Waals surface area contributed by atoms with Crippen molar-refractivity contribution in [1.29, 1.82) is 0 Å². The van der Waals surface area contributed by atoms with Gasteiger partial charge in [0.1, 0.15) is 6.33 Å². The molecule has 0 bridgehead atoms. The summed E-state index contributed by atoms with van der Waals surface area (Å²) in [6.45, 7) is 2.59. The first kappa shape index (κ1) is 11.5. The van der Waals surface area contributed by atoms with Crippen molar-refractivity contribution in [2.75, 3.05) is 6.54 Å². The molecule has 0 atom stereocenters. The van der Waals surface area contributed by atoms with Crippen LogP contribution >= 0.6 is 0 Å². The molecule has 0 unspecified atom stereocenters. The monoisotopic (exact) mass is 244 g/mol. The Morgan fingerprint density at radius 1 is 1.56 bits per heavy atom. The molecule has 1 aliphatic rings. The van der Waals surface area contributed by atoms with E-state index in [-0.39, 0.29) is 10.6 Å². The van der Waals surface area contributed by atoms with Gasteiger partial charge < -0.3 is 4.57 Å². The summed E-state index contributed by atoms with van der Waals surface area (Å²) < 4.78 is 27.7. The lowest BCUT2D eigenvalue weighted by Crippen LogP contribution is -2.31. The van der Waals surface area contributed by atoms with Gasteiger partial charge in [-0.05, 0) is 24.7 Å². The molecule has 0 aromatic carbocycles. The fraction of sp³-hybridized carbons (Fsp3) is 0.778. The van der Waals surface area contributed by atoms with Crippen LogP contribution in [-0.2, 0) is 17.1 Å². The molecule has 0 spiro atoms. The van der Waals surface area contributed by atoms with Crippen LogP contribution < -0.4 is 4.72 Å². The molecule has 16 heavy (non-hydrogen) atoms. The van der Waals surface area contributed by atoms with Gasteiger partial charge in [0, 0.05) is 13.6 Å². The van der Waals surface area contributed by atoms with Crippen molar-refractivity contribution in [2.45, 2.75) is 31.3 Å². The summed E-state index contributed by atoms with van der Waals surface area (Å²) in [6, 6.07) is 0. The first-order chi connectivity index (χ1) is 7.49. The minimum atomic E-state index is -3.51. The summed E-state index contributed by atoms with van der Waals surface area (Å²) in [5.74, 6) is 0. The van der Waals surface area contributed by atoms with Crippen molar-refractivity contribution in [3.8, 4) is 0 Å². The Morgan fingerprint density at radius 3 is 2.69 bits per heavy atom. The van der Waals surface area contributed by atoms with Crippen molar-refractivity contribution in [2.24, 2.45) is 12.5 Å². The normalized spacial score (nSPS) is 18.6. The van der Waals surface area contributed by atoms with E-state index < -0.39 is 10.0 Å². The molecule has 1 heterocycles. The van der Waals surface area contributed by atoms with E-state index in [1.54, 1.807) is 7.05 Å². The highest BCUT2D eigenvalue weighted by atomic mass is 32.2. The van der Waals surface area contributed by atoms with Gasteiger partial charge in [-0.2, -0.15) is 0 Å². The summed E-state index contributed by atoms with van der Waals surface area (Å²) in [6.07, 6.45) is 4.59. The van der Waals surface area contributed by atoms with Gasteiger partial charge in [0.05, 0.1) is 0 Å². The van der Waals surface area contributed by atoms with E-state index in [4.69, 9.17) is 0 Å². The van der Waals surface area contributed by atoms with Crippen LogP contribution in [0, 0.1) is 5.41 Å². The smallest absolute Gasteiger partial charge is 0.276 e. The predicted molar refractivity (Wildman–Crippen MR) is 58.1 cm³/mol. The Balaban J connectivity index is 2.07. The van der Waals surface area contributed by atoms with Crippen molar-refractivity contribution in [3.63, 3.8) is 0 Å². The second kappa shape index (κ2) is 3.81. The highest BCUT2D eigenvalue weighted by Gasteiger charge is 2.41. The molecule has 0 radical (unpaired) electrons. The van der Waals surface area contributed by atoms with Crippen LogP contribution in [0.25, 0.3) is 0 Å². The van der Waals surface area contributed by atoms with Gasteiger partial charge in [0.25, 0.3) is 15.2 Å². The number of sulfonamides is 1. The zero-order valence-electron chi connectivity index (χ0n) is 9.47. The van der Waals surface area contributed by atoms with Gasteiger partial charge in [-0.25, -0.2) is 13.1 Å². The van der Waals surface area contributed by atoms with Crippen LogP contribution in [0.1, 0.15) is 26.2 Å². The molecule has 7 heteroatoms. The average Bonchev–Trinajstić information content (AvgIpc) is 2.91. The highest BCUT2D eigenvalue weighted by molar-refractivity contribution is 7.89. The number of hydrogen-bond acceptors (Lipinski definition) is 4. The molecule has 1 saturated carbocycles. The number of hydrogen-bond donors (Lipinski definition) is 1. The molecular formula is C9H16N4O2S. The van der Waals surface area contributed by atoms with Crippen LogP contribution in [0.2, 0.25) is 0 Å². The standard InChI is InChI=1S/C9H16N4O2S/c1-3-9(4-5-9)6-11-16(14,15)8-12-10-7-13(8)2/h7,11H,3-6H2,1-2H3. The van der Waals surface area contributed by atoms with E-state index in [0.717, 1.165) is 19.3 Å². The van der Waals surface area contributed by atoms with E-state index in [2.05, 4.69) is 21.8 Å². The Hall–Kier alpha value is -0.950. The zero-order chi connectivity index (χ0) is 11.8. The Bertz CT molecular complexity index is 475. The maximum atomic E-state index is 11.9. The number of aryl methyl sites for hydroxylation is 1. The van der Waals surface area contributed by atoms with Gasteiger partial charge in [0.15, 0.2) is 0 Å². The van der Waals surface area contributed by atoms with E-state index in [1.165, 1.54) is 10.9 Å². The van der Waals surface area contributed by atoms with E-state index in [9.17, 15) is 8.42 Å². The fourth-order valence-corrected chi connectivity index (χ4v) is 2.87. The van der Waals surface area contributed by atoms with Gasteiger partial charge in [-0.3, -0.25) is 0 Å². The molecule has 1 fully saturated rings. The highest BCUT2D eigenvalue weighted by Crippen LogP contribution is 2.48. The third kappa shape index (κ3) is 2.10. The van der Waals surface area contributed by atoms with Crippen molar-refractivity contribution in [3.05, 3.63) is 6.33 Å². The summed E-state index contributed by atoms with van der Waals surface area (Å²) in [5, 5.41) is 7.13. The Kier molecular flexibility index (Phi) is 2.75. The van der Waals surface area contributed by atoms with Crippen LogP contribution in [-0.4, -0.2) is 29.7 Å². The topological polar surface area (TPSA) is 76.9 Å². The second-order valence-corrected chi connectivity index (χ2v) is 6.06.